The first-order valence-corrected chi connectivity index (χ1v) is 4.31. The minimum atomic E-state index is -1.22. The summed E-state index contributed by atoms with van der Waals surface area (Å²) in [7, 11) is 2.79. The molecule has 0 aromatic heterocycles. The first-order chi connectivity index (χ1) is 4.63. The molecular formula is C5H8Br2O3. The first-order valence-electron chi connectivity index (χ1n) is 2.47. The number of hydrogen-bond donors (Lipinski definition) is 0. The second kappa shape index (κ2) is 4.43. The SMILES string of the molecule is COC(C=O)(OC)C(Br)Br. The van der Waals surface area contributed by atoms with Gasteiger partial charge in [0, 0.05) is 14.2 Å². The maximum Gasteiger partial charge on any atom is 0.248 e. The summed E-state index contributed by atoms with van der Waals surface area (Å²) >= 11 is 6.23. The highest BCUT2D eigenvalue weighted by molar-refractivity contribution is 9.24. The lowest BCUT2D eigenvalue weighted by atomic mass is 10.4. The first kappa shape index (κ1) is 10.6. The zero-order valence-corrected chi connectivity index (χ0v) is 8.81. The Balaban J connectivity index is 4.30. The van der Waals surface area contributed by atoms with E-state index in [4.69, 9.17) is 9.47 Å². The van der Waals surface area contributed by atoms with E-state index in [1.54, 1.807) is 0 Å². The van der Waals surface area contributed by atoms with Crippen molar-refractivity contribution in [1.29, 1.82) is 0 Å². The average molecular weight is 276 g/mol. The molecule has 0 aliphatic heterocycles. The van der Waals surface area contributed by atoms with Crippen LogP contribution in [-0.4, -0.2) is 30.0 Å². The van der Waals surface area contributed by atoms with Gasteiger partial charge in [-0.2, -0.15) is 0 Å². The van der Waals surface area contributed by atoms with Crippen LogP contribution in [-0.2, 0) is 14.3 Å². The van der Waals surface area contributed by atoms with Crippen LogP contribution in [0.15, 0.2) is 0 Å². The Bertz CT molecular complexity index is 111. The zero-order valence-electron chi connectivity index (χ0n) is 5.64. The highest BCUT2D eigenvalue weighted by Crippen LogP contribution is 2.25. The third-order valence-corrected chi connectivity index (χ3v) is 2.38. The number of aldehydes is 1. The van der Waals surface area contributed by atoms with E-state index < -0.39 is 5.79 Å². The molecule has 5 heteroatoms. The fourth-order valence-corrected chi connectivity index (χ4v) is 1.37. The minimum absolute atomic E-state index is 0.347. The predicted octanol–water partition coefficient (Wildman–Crippen LogP) is 1.29. The third kappa shape index (κ3) is 2.02. The molecule has 60 valence electrons. The standard InChI is InChI=1S/C5H8Br2O3/c1-9-5(3-8,10-2)4(6)7/h3-4H,1-2H3. The lowest BCUT2D eigenvalue weighted by Crippen LogP contribution is -2.41. The van der Waals surface area contributed by atoms with Crippen LogP contribution < -0.4 is 0 Å². The highest BCUT2D eigenvalue weighted by atomic mass is 79.9. The molecule has 10 heavy (non-hydrogen) atoms. The van der Waals surface area contributed by atoms with E-state index in [0.717, 1.165) is 0 Å². The molecule has 0 heterocycles. The smallest absolute Gasteiger partial charge is 0.248 e. The summed E-state index contributed by atoms with van der Waals surface area (Å²) in [6.45, 7) is 0. The molecule has 0 saturated carbocycles. The second-order valence-electron chi connectivity index (χ2n) is 1.55. The molecule has 0 aromatic rings. The van der Waals surface area contributed by atoms with Gasteiger partial charge in [0.1, 0.15) is 3.74 Å². The molecular weight excluding hydrogens is 268 g/mol. The zero-order chi connectivity index (χ0) is 8.20. The number of hydrogen-bond acceptors (Lipinski definition) is 3. The number of carbonyl (C=O) groups excluding carboxylic acids is 1. The van der Waals surface area contributed by atoms with Crippen molar-refractivity contribution in [1.82, 2.24) is 0 Å². The molecule has 0 amide bonds. The predicted molar refractivity (Wildman–Crippen MR) is 44.5 cm³/mol. The maximum absolute atomic E-state index is 10.4. The summed E-state index contributed by atoms with van der Waals surface area (Å²) in [6.07, 6.45) is 0.584. The van der Waals surface area contributed by atoms with Crippen molar-refractivity contribution in [3.05, 3.63) is 0 Å². The van der Waals surface area contributed by atoms with Crippen LogP contribution in [0.25, 0.3) is 0 Å². The number of carbonyl (C=O) groups is 1. The summed E-state index contributed by atoms with van der Waals surface area (Å²) in [4.78, 5) is 10.4. The Labute approximate surface area is 76.3 Å². The Morgan fingerprint density at radius 2 is 1.80 bits per heavy atom. The van der Waals surface area contributed by atoms with E-state index >= 15 is 0 Å². The summed E-state index contributed by atoms with van der Waals surface area (Å²) in [5.74, 6) is -1.22. The van der Waals surface area contributed by atoms with E-state index in [9.17, 15) is 4.79 Å². The van der Waals surface area contributed by atoms with Crippen LogP contribution in [0.2, 0.25) is 0 Å². The van der Waals surface area contributed by atoms with E-state index in [-0.39, 0.29) is 3.74 Å². The number of alkyl halides is 2. The van der Waals surface area contributed by atoms with Crippen LogP contribution in [0.1, 0.15) is 0 Å². The quantitative estimate of drug-likeness (QED) is 0.441. The highest BCUT2D eigenvalue weighted by Gasteiger charge is 2.36. The van der Waals surface area contributed by atoms with Crippen LogP contribution in [0, 0.1) is 0 Å². The van der Waals surface area contributed by atoms with Crippen molar-refractivity contribution in [2.45, 2.75) is 9.52 Å². The fourth-order valence-electron chi connectivity index (χ4n) is 0.409. The molecule has 0 aromatic carbocycles. The van der Waals surface area contributed by atoms with Gasteiger partial charge >= 0.3 is 0 Å². The van der Waals surface area contributed by atoms with Crippen LogP contribution >= 0.6 is 31.9 Å². The molecule has 0 atom stereocenters. The van der Waals surface area contributed by atoms with Crippen molar-refractivity contribution in [3.8, 4) is 0 Å². The molecule has 0 rings (SSSR count). The molecule has 0 fully saturated rings. The molecule has 0 spiro atoms. The Morgan fingerprint density at radius 1 is 1.40 bits per heavy atom. The van der Waals surface area contributed by atoms with Crippen LogP contribution in [0.4, 0.5) is 0 Å². The number of halogens is 2. The topological polar surface area (TPSA) is 35.5 Å². The summed E-state index contributed by atoms with van der Waals surface area (Å²) in [5.41, 5.74) is 0. The van der Waals surface area contributed by atoms with Crippen molar-refractivity contribution >= 4 is 38.1 Å². The molecule has 0 radical (unpaired) electrons. The molecule has 0 saturated heterocycles. The minimum Gasteiger partial charge on any atom is -0.346 e. The largest absolute Gasteiger partial charge is 0.346 e. The Hall–Kier alpha value is 0.550. The van der Waals surface area contributed by atoms with Crippen molar-refractivity contribution < 1.29 is 14.3 Å². The lowest BCUT2D eigenvalue weighted by Gasteiger charge is -2.25. The van der Waals surface area contributed by atoms with Gasteiger partial charge in [0.2, 0.25) is 5.79 Å². The normalized spacial score (nSPS) is 12.1. The number of methoxy groups -OCH3 is 2. The maximum atomic E-state index is 10.4. The summed E-state index contributed by atoms with van der Waals surface area (Å²) in [5, 5.41) is 0. The summed E-state index contributed by atoms with van der Waals surface area (Å²) < 4.78 is 9.28. The van der Waals surface area contributed by atoms with E-state index in [1.807, 2.05) is 0 Å². The van der Waals surface area contributed by atoms with Crippen LogP contribution in [0.3, 0.4) is 0 Å². The van der Waals surface area contributed by atoms with E-state index in [2.05, 4.69) is 31.9 Å². The number of ether oxygens (including phenoxy) is 2. The molecule has 0 bridgehead atoms. The van der Waals surface area contributed by atoms with Gasteiger partial charge in [-0.05, 0) is 0 Å². The van der Waals surface area contributed by atoms with Gasteiger partial charge in [0.15, 0.2) is 6.29 Å². The van der Waals surface area contributed by atoms with Gasteiger partial charge in [-0.1, -0.05) is 31.9 Å². The van der Waals surface area contributed by atoms with Gasteiger partial charge in [0.05, 0.1) is 0 Å². The molecule has 0 unspecified atom stereocenters. The average Bonchev–Trinajstić information content (AvgIpc) is 1.92. The molecule has 0 N–H and O–H groups in total. The van der Waals surface area contributed by atoms with Gasteiger partial charge in [-0.25, -0.2) is 0 Å². The second-order valence-corrected chi connectivity index (χ2v) is 4.61. The lowest BCUT2D eigenvalue weighted by molar-refractivity contribution is -0.186. The van der Waals surface area contributed by atoms with Gasteiger partial charge in [-0.15, -0.1) is 0 Å². The van der Waals surface area contributed by atoms with E-state index in [1.165, 1.54) is 14.2 Å². The van der Waals surface area contributed by atoms with Crippen molar-refractivity contribution in [3.63, 3.8) is 0 Å². The van der Waals surface area contributed by atoms with Gasteiger partial charge in [-0.3, -0.25) is 4.79 Å². The summed E-state index contributed by atoms with van der Waals surface area (Å²) in [6, 6.07) is 0. The molecule has 0 aliphatic carbocycles. The number of rotatable bonds is 4. The van der Waals surface area contributed by atoms with Crippen LogP contribution in [0.5, 0.6) is 0 Å². The Morgan fingerprint density at radius 3 is 1.80 bits per heavy atom. The van der Waals surface area contributed by atoms with Gasteiger partial charge in [0.25, 0.3) is 0 Å². The molecule has 3 nitrogen and oxygen atoms in total. The van der Waals surface area contributed by atoms with Crippen molar-refractivity contribution in [2.24, 2.45) is 0 Å². The van der Waals surface area contributed by atoms with Gasteiger partial charge < -0.3 is 9.47 Å². The monoisotopic (exact) mass is 274 g/mol. The Kier molecular flexibility index (Phi) is 4.68. The fraction of sp³-hybridized carbons (Fsp3) is 0.800. The van der Waals surface area contributed by atoms with Crippen molar-refractivity contribution in [2.75, 3.05) is 14.2 Å². The molecule has 0 aliphatic rings. The third-order valence-electron chi connectivity index (χ3n) is 1.11. The van der Waals surface area contributed by atoms with E-state index in [0.29, 0.717) is 6.29 Å².